The maximum Gasteiger partial charge on any atom is 0.164 e. The highest BCUT2D eigenvalue weighted by molar-refractivity contribution is 6.23. The molecule has 0 N–H and O–H groups in total. The molecule has 53 heavy (non-hydrogen) atoms. The number of para-hydroxylation sites is 1. The Morgan fingerprint density at radius 2 is 0.887 bits per heavy atom. The summed E-state index contributed by atoms with van der Waals surface area (Å²) in [4.78, 5) is 15.4. The molecule has 0 radical (unpaired) electrons. The van der Waals surface area contributed by atoms with Gasteiger partial charge in [0.1, 0.15) is 11.2 Å². The highest BCUT2D eigenvalue weighted by atomic mass is 16.3. The third-order valence-electron chi connectivity index (χ3n) is 10.5. The summed E-state index contributed by atoms with van der Waals surface area (Å²) < 4.78 is 6.25. The van der Waals surface area contributed by atoms with Crippen molar-refractivity contribution in [1.82, 2.24) is 15.0 Å². The first-order valence-corrected chi connectivity index (χ1v) is 17.9. The van der Waals surface area contributed by atoms with Gasteiger partial charge in [-0.25, -0.2) is 15.0 Å². The fourth-order valence-corrected chi connectivity index (χ4v) is 7.96. The second-order valence-corrected chi connectivity index (χ2v) is 13.6. The lowest BCUT2D eigenvalue weighted by Gasteiger charge is -2.14. The Kier molecular flexibility index (Phi) is 6.52. The first-order chi connectivity index (χ1) is 26.2. The van der Waals surface area contributed by atoms with E-state index in [-0.39, 0.29) is 0 Å². The van der Waals surface area contributed by atoms with Gasteiger partial charge < -0.3 is 4.42 Å². The summed E-state index contributed by atoms with van der Waals surface area (Å²) in [5.41, 5.74) is 6.73. The average molecular weight is 676 g/mol. The number of furan rings is 1. The van der Waals surface area contributed by atoms with Crippen molar-refractivity contribution in [3.8, 4) is 45.3 Å². The van der Waals surface area contributed by atoms with E-state index in [9.17, 15) is 0 Å². The molecular weight excluding hydrogens is 647 g/mol. The molecular formula is C49H29N3O. The summed E-state index contributed by atoms with van der Waals surface area (Å²) in [7, 11) is 0. The van der Waals surface area contributed by atoms with Gasteiger partial charge in [0.25, 0.3) is 0 Å². The normalized spacial score (nSPS) is 11.8. The molecule has 9 aromatic carbocycles. The molecule has 0 aliphatic heterocycles. The first kappa shape index (κ1) is 29.5. The van der Waals surface area contributed by atoms with E-state index in [0.717, 1.165) is 49.6 Å². The lowest BCUT2D eigenvalue weighted by molar-refractivity contribution is 0.669. The van der Waals surface area contributed by atoms with Crippen LogP contribution in [0.1, 0.15) is 0 Å². The van der Waals surface area contributed by atoms with E-state index in [1.165, 1.54) is 43.3 Å². The molecule has 11 aromatic rings. The van der Waals surface area contributed by atoms with Gasteiger partial charge in [-0.3, -0.25) is 0 Å². The molecule has 4 nitrogen and oxygen atoms in total. The van der Waals surface area contributed by atoms with E-state index in [1.54, 1.807) is 0 Å². The molecule has 0 atom stereocenters. The van der Waals surface area contributed by atoms with Crippen LogP contribution in [-0.2, 0) is 0 Å². The molecule has 2 aromatic heterocycles. The molecule has 0 aliphatic carbocycles. The highest BCUT2D eigenvalue weighted by Gasteiger charge is 2.18. The van der Waals surface area contributed by atoms with Crippen molar-refractivity contribution in [3.63, 3.8) is 0 Å². The van der Waals surface area contributed by atoms with Crippen LogP contribution in [-0.4, -0.2) is 15.0 Å². The van der Waals surface area contributed by atoms with Gasteiger partial charge in [-0.2, -0.15) is 0 Å². The average Bonchev–Trinajstić information content (AvgIpc) is 3.62. The topological polar surface area (TPSA) is 51.8 Å². The monoisotopic (exact) mass is 675 g/mol. The van der Waals surface area contributed by atoms with Crippen LogP contribution in [0, 0.1) is 0 Å². The summed E-state index contributed by atoms with van der Waals surface area (Å²) in [5.74, 6) is 1.84. The summed E-state index contributed by atoms with van der Waals surface area (Å²) in [6, 6.07) is 61.7. The second kappa shape index (κ2) is 11.7. The van der Waals surface area contributed by atoms with Crippen LogP contribution in [0.3, 0.4) is 0 Å². The molecule has 4 heteroatoms. The number of fused-ring (bicyclic) bond motifs is 9. The quantitative estimate of drug-likeness (QED) is 0.174. The molecule has 0 spiro atoms. The van der Waals surface area contributed by atoms with Gasteiger partial charge >= 0.3 is 0 Å². The van der Waals surface area contributed by atoms with Crippen LogP contribution >= 0.6 is 0 Å². The van der Waals surface area contributed by atoms with Gasteiger partial charge in [0, 0.05) is 27.5 Å². The fraction of sp³-hybridized carbons (Fsp3) is 0. The van der Waals surface area contributed by atoms with E-state index < -0.39 is 0 Å². The van der Waals surface area contributed by atoms with Crippen molar-refractivity contribution < 1.29 is 4.42 Å². The highest BCUT2D eigenvalue weighted by Crippen LogP contribution is 2.40. The Labute approximate surface area is 304 Å². The van der Waals surface area contributed by atoms with Crippen molar-refractivity contribution in [1.29, 1.82) is 0 Å². The van der Waals surface area contributed by atoms with Gasteiger partial charge in [0.2, 0.25) is 0 Å². The van der Waals surface area contributed by atoms with E-state index in [0.29, 0.717) is 17.5 Å². The van der Waals surface area contributed by atoms with E-state index in [4.69, 9.17) is 19.4 Å². The molecule has 0 amide bonds. The minimum Gasteiger partial charge on any atom is -0.456 e. The molecule has 0 saturated carbocycles. The molecule has 0 aliphatic rings. The maximum absolute atomic E-state index is 6.25. The van der Waals surface area contributed by atoms with Crippen molar-refractivity contribution in [2.75, 3.05) is 0 Å². The number of benzene rings is 9. The van der Waals surface area contributed by atoms with Gasteiger partial charge in [0.05, 0.1) is 0 Å². The predicted molar refractivity (Wildman–Crippen MR) is 219 cm³/mol. The molecule has 2 heterocycles. The van der Waals surface area contributed by atoms with Crippen molar-refractivity contribution >= 4 is 65.0 Å². The van der Waals surface area contributed by atoms with Crippen molar-refractivity contribution in [2.45, 2.75) is 0 Å². The van der Waals surface area contributed by atoms with Crippen molar-refractivity contribution in [3.05, 3.63) is 176 Å². The summed E-state index contributed by atoms with van der Waals surface area (Å²) in [6.07, 6.45) is 0. The van der Waals surface area contributed by atoms with Crippen LogP contribution in [0.5, 0.6) is 0 Å². The third-order valence-corrected chi connectivity index (χ3v) is 10.5. The second-order valence-electron chi connectivity index (χ2n) is 13.6. The van der Waals surface area contributed by atoms with Gasteiger partial charge in [-0.05, 0) is 78.5 Å². The number of hydrogen-bond acceptors (Lipinski definition) is 4. The fourth-order valence-electron chi connectivity index (χ4n) is 7.96. The molecule has 0 bridgehead atoms. The maximum atomic E-state index is 6.25. The predicted octanol–water partition coefficient (Wildman–Crippen LogP) is 13.1. The Bertz CT molecular complexity index is 3230. The Morgan fingerprint density at radius 3 is 1.74 bits per heavy atom. The number of rotatable bonds is 4. The lowest BCUT2D eigenvalue weighted by atomic mass is 9.90. The molecule has 0 saturated heterocycles. The zero-order valence-electron chi connectivity index (χ0n) is 28.5. The SMILES string of the molecule is c1ccc2cc(-c3nc(-c4ccc(-c5cc6ccc7ccccc7c6c6ccccc56)cc4)nc(-c4cccc5oc6ccccc6c45)n3)ccc2c1. The van der Waals surface area contributed by atoms with E-state index >= 15 is 0 Å². The van der Waals surface area contributed by atoms with E-state index in [2.05, 4.69) is 146 Å². The minimum absolute atomic E-state index is 0.604. The van der Waals surface area contributed by atoms with Crippen LogP contribution in [0.15, 0.2) is 180 Å². The van der Waals surface area contributed by atoms with Crippen LogP contribution in [0.25, 0.3) is 110 Å². The van der Waals surface area contributed by atoms with Gasteiger partial charge in [-0.1, -0.05) is 152 Å². The number of hydrogen-bond donors (Lipinski definition) is 0. The summed E-state index contributed by atoms with van der Waals surface area (Å²) >= 11 is 0. The molecule has 246 valence electrons. The minimum atomic E-state index is 0.604. The first-order valence-electron chi connectivity index (χ1n) is 17.9. The smallest absolute Gasteiger partial charge is 0.164 e. The Balaban J connectivity index is 1.09. The summed E-state index contributed by atoms with van der Waals surface area (Å²) in [6.45, 7) is 0. The zero-order valence-corrected chi connectivity index (χ0v) is 28.5. The standard InChI is InChI=1S/C49H29N3O/c1-2-12-34-28-36(27-20-30(34)10-1)48-50-47(51-49(52-48)41-17-9-19-44-46(41)40-16-7-8-18-43(40)53-44)33-24-21-32(22-25-33)42-29-35-26-23-31-11-3-4-13-37(31)45(35)39-15-6-5-14-38(39)42/h1-29H. The summed E-state index contributed by atoms with van der Waals surface area (Å²) in [5, 5.41) is 11.9. The molecule has 11 rings (SSSR count). The largest absolute Gasteiger partial charge is 0.456 e. The van der Waals surface area contributed by atoms with Crippen LogP contribution < -0.4 is 0 Å². The number of nitrogens with zero attached hydrogens (tertiary/aromatic N) is 3. The van der Waals surface area contributed by atoms with Gasteiger partial charge in [0.15, 0.2) is 17.5 Å². The lowest BCUT2D eigenvalue weighted by Crippen LogP contribution is -2.00. The number of aromatic nitrogens is 3. The molecule has 0 fully saturated rings. The van der Waals surface area contributed by atoms with Crippen LogP contribution in [0.4, 0.5) is 0 Å². The molecule has 0 unspecified atom stereocenters. The Hall–Kier alpha value is -7.17. The van der Waals surface area contributed by atoms with Gasteiger partial charge in [-0.15, -0.1) is 0 Å². The zero-order chi connectivity index (χ0) is 34.9. The third kappa shape index (κ3) is 4.80. The van der Waals surface area contributed by atoms with Crippen molar-refractivity contribution in [2.24, 2.45) is 0 Å². The Morgan fingerprint density at radius 1 is 0.302 bits per heavy atom. The van der Waals surface area contributed by atoms with E-state index in [1.807, 2.05) is 30.3 Å². The van der Waals surface area contributed by atoms with Crippen LogP contribution in [0.2, 0.25) is 0 Å².